The van der Waals surface area contributed by atoms with Gasteiger partial charge in [-0.15, -0.1) is 0 Å². The summed E-state index contributed by atoms with van der Waals surface area (Å²) in [6, 6.07) is 10.3. The number of benzene rings is 1. The molecule has 2 aliphatic heterocycles. The average Bonchev–Trinajstić information content (AvgIpc) is 3.14. The number of hydrogen-bond acceptors (Lipinski definition) is 6. The van der Waals surface area contributed by atoms with Crippen molar-refractivity contribution in [1.82, 2.24) is 14.9 Å². The lowest BCUT2D eigenvalue weighted by molar-refractivity contribution is -0.00123. The lowest BCUT2D eigenvalue weighted by Gasteiger charge is -2.35. The molecule has 1 saturated heterocycles. The highest BCUT2D eigenvalue weighted by atomic mass is 32.2. The summed E-state index contributed by atoms with van der Waals surface area (Å²) in [5, 5.41) is 12.8. The van der Waals surface area contributed by atoms with Crippen LogP contribution in [-0.2, 0) is 14.8 Å². The highest BCUT2D eigenvalue weighted by Crippen LogP contribution is 2.34. The second-order valence-electron chi connectivity index (χ2n) is 8.80. The van der Waals surface area contributed by atoms with Crippen molar-refractivity contribution in [3.05, 3.63) is 59.9 Å². The Kier molecular flexibility index (Phi) is 7.01. The molecule has 7 nitrogen and oxygen atoms in total. The van der Waals surface area contributed by atoms with E-state index in [2.05, 4.69) is 45.3 Å². The average molecular weight is 448 g/mol. The summed E-state index contributed by atoms with van der Waals surface area (Å²) in [5.41, 5.74) is 2.30. The van der Waals surface area contributed by atoms with Crippen LogP contribution in [0.4, 0.5) is 0 Å². The minimum absolute atomic E-state index is 0.109. The Morgan fingerprint density at radius 2 is 1.90 bits per heavy atom. The van der Waals surface area contributed by atoms with Gasteiger partial charge in [0.1, 0.15) is 6.23 Å². The molecule has 3 atom stereocenters. The molecular weight excluding hydrogens is 414 g/mol. The van der Waals surface area contributed by atoms with Crippen molar-refractivity contribution >= 4 is 10.0 Å². The van der Waals surface area contributed by atoms with Crippen molar-refractivity contribution in [1.29, 1.82) is 0 Å². The molecule has 0 bridgehead atoms. The summed E-state index contributed by atoms with van der Waals surface area (Å²) < 4.78 is 32.9. The normalized spacial score (nSPS) is 31.4. The number of hydrogen-bond donors (Lipinski definition) is 3. The number of nitrogens with zero attached hydrogens (tertiary/aromatic N) is 1. The molecule has 1 aliphatic carbocycles. The fraction of sp³-hybridized carbons (Fsp3) is 0.565. The number of sulfonamides is 1. The van der Waals surface area contributed by atoms with Crippen molar-refractivity contribution in [2.24, 2.45) is 0 Å². The monoisotopic (exact) mass is 447 g/mol. The van der Waals surface area contributed by atoms with E-state index in [-0.39, 0.29) is 18.2 Å². The minimum atomic E-state index is -3.32. The van der Waals surface area contributed by atoms with Crippen LogP contribution in [0.2, 0.25) is 0 Å². The van der Waals surface area contributed by atoms with Gasteiger partial charge in [-0.3, -0.25) is 0 Å². The van der Waals surface area contributed by atoms with E-state index in [1.807, 2.05) is 6.08 Å². The summed E-state index contributed by atoms with van der Waals surface area (Å²) in [4.78, 5) is 2.15. The zero-order chi connectivity index (χ0) is 21.8. The number of ether oxygens (including phenoxy) is 1. The van der Waals surface area contributed by atoms with Gasteiger partial charge in [0, 0.05) is 24.5 Å². The third kappa shape index (κ3) is 5.88. The van der Waals surface area contributed by atoms with Gasteiger partial charge in [0.2, 0.25) is 10.0 Å². The van der Waals surface area contributed by atoms with Crippen LogP contribution in [-0.4, -0.2) is 62.2 Å². The van der Waals surface area contributed by atoms with Crippen LogP contribution in [0.25, 0.3) is 0 Å². The van der Waals surface area contributed by atoms with E-state index in [1.165, 1.54) is 11.8 Å². The first-order chi connectivity index (χ1) is 14.9. The standard InChI is InChI=1S/C23H33N3O4S/c1-31(28,29)25-21-12-14-26(19-11-13-24-23(27)15-19)22(21)16-30-20-9-7-18(8-10-20)17-5-3-2-4-6-17/h2-6,11,13,15,18,20-25,27H,7-10,12,14,16H2,1H3/t18-,20+,21-,22-,23?/m0/s1. The highest BCUT2D eigenvalue weighted by molar-refractivity contribution is 7.88. The quantitative estimate of drug-likeness (QED) is 0.593. The SMILES string of the molecule is CS(=O)(=O)N[C@H]1CCN(C2=CC(O)NC=C2)[C@H]1CO[C@H]1CC[C@@H](c2ccccc2)CC1. The van der Waals surface area contributed by atoms with Gasteiger partial charge in [-0.2, -0.15) is 0 Å². The predicted octanol–water partition coefficient (Wildman–Crippen LogP) is 2.04. The smallest absolute Gasteiger partial charge is 0.209 e. The fourth-order valence-electron chi connectivity index (χ4n) is 5.00. The van der Waals surface area contributed by atoms with Crippen molar-refractivity contribution in [3.8, 4) is 0 Å². The van der Waals surface area contributed by atoms with E-state index >= 15 is 0 Å². The molecule has 170 valence electrons. The first-order valence-electron chi connectivity index (χ1n) is 11.1. The number of aliphatic hydroxyl groups excluding tert-OH is 1. The minimum Gasteiger partial charge on any atom is -0.376 e. The Labute approximate surface area is 185 Å². The van der Waals surface area contributed by atoms with Gasteiger partial charge in [0.05, 0.1) is 25.0 Å². The Hall–Kier alpha value is -1.87. The maximum absolute atomic E-state index is 11.9. The van der Waals surface area contributed by atoms with E-state index < -0.39 is 16.3 Å². The third-order valence-electron chi connectivity index (χ3n) is 6.54. The summed E-state index contributed by atoms with van der Waals surface area (Å²) in [6.45, 7) is 1.17. The highest BCUT2D eigenvalue weighted by Gasteiger charge is 2.37. The molecule has 3 N–H and O–H groups in total. The third-order valence-corrected chi connectivity index (χ3v) is 7.27. The Bertz CT molecular complexity index is 895. The predicted molar refractivity (Wildman–Crippen MR) is 121 cm³/mol. The second-order valence-corrected chi connectivity index (χ2v) is 10.6. The number of aliphatic hydroxyl groups is 1. The second kappa shape index (κ2) is 9.73. The zero-order valence-electron chi connectivity index (χ0n) is 18.0. The maximum atomic E-state index is 11.9. The fourth-order valence-corrected chi connectivity index (χ4v) is 5.83. The van der Waals surface area contributed by atoms with Crippen LogP contribution < -0.4 is 10.0 Å². The number of likely N-dealkylation sites (tertiary alicyclic amines) is 1. The van der Waals surface area contributed by atoms with Gasteiger partial charge in [-0.05, 0) is 55.7 Å². The van der Waals surface area contributed by atoms with Crippen LogP contribution in [0.1, 0.15) is 43.6 Å². The molecule has 8 heteroatoms. The molecule has 1 unspecified atom stereocenters. The Morgan fingerprint density at radius 3 is 2.58 bits per heavy atom. The molecule has 1 aromatic rings. The largest absolute Gasteiger partial charge is 0.376 e. The van der Waals surface area contributed by atoms with Gasteiger partial charge in [0.25, 0.3) is 0 Å². The Morgan fingerprint density at radius 1 is 1.16 bits per heavy atom. The lowest BCUT2D eigenvalue weighted by atomic mass is 9.83. The number of rotatable bonds is 7. The van der Waals surface area contributed by atoms with Crippen LogP contribution in [0.5, 0.6) is 0 Å². The van der Waals surface area contributed by atoms with Gasteiger partial charge in [-0.1, -0.05) is 30.3 Å². The zero-order valence-corrected chi connectivity index (χ0v) is 18.8. The molecule has 2 heterocycles. The first-order valence-corrected chi connectivity index (χ1v) is 13.0. The topological polar surface area (TPSA) is 90.9 Å². The van der Waals surface area contributed by atoms with Crippen molar-refractivity contribution in [2.45, 2.75) is 62.4 Å². The first kappa shape index (κ1) is 22.3. The molecule has 3 aliphatic rings. The van der Waals surface area contributed by atoms with E-state index in [1.54, 1.807) is 12.3 Å². The van der Waals surface area contributed by atoms with Crippen LogP contribution in [0.3, 0.4) is 0 Å². The molecular formula is C23H33N3O4S. The van der Waals surface area contributed by atoms with Crippen molar-refractivity contribution in [2.75, 3.05) is 19.4 Å². The molecule has 31 heavy (non-hydrogen) atoms. The molecule has 0 spiro atoms. The van der Waals surface area contributed by atoms with Gasteiger partial charge < -0.3 is 20.1 Å². The molecule has 1 saturated carbocycles. The number of dihydropyridines is 1. The van der Waals surface area contributed by atoms with Gasteiger partial charge in [0.15, 0.2) is 0 Å². The van der Waals surface area contributed by atoms with Crippen LogP contribution in [0.15, 0.2) is 54.4 Å². The molecule has 0 aromatic heterocycles. The van der Waals surface area contributed by atoms with E-state index in [9.17, 15) is 13.5 Å². The van der Waals surface area contributed by atoms with E-state index in [4.69, 9.17) is 4.74 Å². The van der Waals surface area contributed by atoms with Crippen molar-refractivity contribution in [3.63, 3.8) is 0 Å². The van der Waals surface area contributed by atoms with E-state index in [0.29, 0.717) is 25.5 Å². The summed E-state index contributed by atoms with van der Waals surface area (Å²) in [6.07, 6.45) is 11.0. The number of nitrogens with one attached hydrogen (secondary N) is 2. The summed E-state index contributed by atoms with van der Waals surface area (Å²) >= 11 is 0. The van der Waals surface area contributed by atoms with Crippen LogP contribution >= 0.6 is 0 Å². The maximum Gasteiger partial charge on any atom is 0.209 e. The summed E-state index contributed by atoms with van der Waals surface area (Å²) in [5.74, 6) is 0.593. The molecule has 4 rings (SSSR count). The summed E-state index contributed by atoms with van der Waals surface area (Å²) in [7, 11) is -3.32. The Balaban J connectivity index is 1.38. The van der Waals surface area contributed by atoms with E-state index in [0.717, 1.165) is 31.4 Å². The molecule has 2 fully saturated rings. The van der Waals surface area contributed by atoms with Crippen molar-refractivity contribution < 1.29 is 18.3 Å². The van der Waals surface area contributed by atoms with Crippen LogP contribution in [0, 0.1) is 0 Å². The molecule has 1 aromatic carbocycles. The lowest BCUT2D eigenvalue weighted by Crippen LogP contribution is -2.47. The molecule has 0 amide bonds. The van der Waals surface area contributed by atoms with Gasteiger partial charge in [-0.25, -0.2) is 13.1 Å². The van der Waals surface area contributed by atoms with Gasteiger partial charge >= 0.3 is 0 Å². The molecule has 0 radical (unpaired) electrons. The number of allylic oxidation sites excluding steroid dienone is 1.